The molecule has 14 nitrogen and oxygen atoms in total. The number of nitrogens with zero attached hydrogens (tertiary/aromatic N) is 2. The minimum Gasteiger partial charge on any atom is -0.461 e. The van der Waals surface area contributed by atoms with Crippen molar-refractivity contribution in [3.05, 3.63) is 45.1 Å². The molecule has 3 heterocycles. The van der Waals surface area contributed by atoms with Crippen LogP contribution in [0.3, 0.4) is 0 Å². The van der Waals surface area contributed by atoms with Gasteiger partial charge in [0, 0.05) is 44.8 Å². The number of aliphatic hydroxyl groups is 3. The number of carbonyl (C=O) groups is 2. The molecule has 15 heteroatoms. The summed E-state index contributed by atoms with van der Waals surface area (Å²) in [6, 6.07) is 4.02. The van der Waals surface area contributed by atoms with Gasteiger partial charge in [0.1, 0.15) is 41.3 Å². The highest BCUT2D eigenvalue weighted by Crippen LogP contribution is 2.35. The van der Waals surface area contributed by atoms with Gasteiger partial charge in [0.05, 0.1) is 30.4 Å². The number of benzene rings is 2. The number of rotatable bonds is 9. The van der Waals surface area contributed by atoms with E-state index in [9.17, 15) is 29.7 Å². The molecule has 0 spiro atoms. The Hall–Kier alpha value is -3.37. The zero-order valence-electron chi connectivity index (χ0n) is 23.3. The summed E-state index contributed by atoms with van der Waals surface area (Å²) in [6.07, 6.45) is -4.83. The van der Waals surface area contributed by atoms with Crippen LogP contribution in [0.5, 0.6) is 5.75 Å². The van der Waals surface area contributed by atoms with Crippen molar-refractivity contribution >= 4 is 34.5 Å². The van der Waals surface area contributed by atoms with Gasteiger partial charge < -0.3 is 44.6 Å². The highest BCUT2D eigenvalue weighted by Gasteiger charge is 2.46. The van der Waals surface area contributed by atoms with Crippen molar-refractivity contribution in [2.24, 2.45) is 0 Å². The van der Waals surface area contributed by atoms with Crippen molar-refractivity contribution in [1.82, 2.24) is 20.5 Å². The zero-order chi connectivity index (χ0) is 30.7. The SMILES string of the molecule is CC(=O)N[C@H]1C(O)[C@@H](O)C(CO)O[C@H]1Oc1cc2oc3cc(=O)cc(C(=O)NCCCN4CCOCC4)c-3nc2cc1Cl. The van der Waals surface area contributed by atoms with Gasteiger partial charge in [-0.3, -0.25) is 19.3 Å². The molecule has 2 saturated heterocycles. The summed E-state index contributed by atoms with van der Waals surface area (Å²) in [7, 11) is 0. The zero-order valence-corrected chi connectivity index (χ0v) is 24.1. The molecule has 0 bridgehead atoms. The lowest BCUT2D eigenvalue weighted by molar-refractivity contribution is -0.244. The fourth-order valence-electron chi connectivity index (χ4n) is 5.09. The largest absolute Gasteiger partial charge is 0.461 e. The van der Waals surface area contributed by atoms with Crippen LogP contribution >= 0.6 is 11.6 Å². The molecule has 2 amide bonds. The number of halogens is 1. The molecule has 43 heavy (non-hydrogen) atoms. The maximum Gasteiger partial charge on any atom is 0.253 e. The van der Waals surface area contributed by atoms with Gasteiger partial charge in [0.25, 0.3) is 5.91 Å². The molecule has 2 unspecified atom stereocenters. The van der Waals surface area contributed by atoms with Gasteiger partial charge in [0.2, 0.25) is 12.2 Å². The Labute approximate surface area is 250 Å². The number of hydrogen-bond acceptors (Lipinski definition) is 12. The van der Waals surface area contributed by atoms with Crippen LogP contribution in [0.4, 0.5) is 0 Å². The van der Waals surface area contributed by atoms with Gasteiger partial charge in [0.15, 0.2) is 16.8 Å². The molecule has 1 aromatic rings. The third-order valence-corrected chi connectivity index (χ3v) is 7.59. The smallest absolute Gasteiger partial charge is 0.253 e. The van der Waals surface area contributed by atoms with E-state index >= 15 is 0 Å². The van der Waals surface area contributed by atoms with E-state index in [0.29, 0.717) is 19.8 Å². The number of amides is 2. The molecule has 232 valence electrons. The van der Waals surface area contributed by atoms with Gasteiger partial charge in [-0.1, -0.05) is 11.6 Å². The van der Waals surface area contributed by atoms with E-state index in [-0.39, 0.29) is 38.9 Å². The molecule has 3 aliphatic heterocycles. The van der Waals surface area contributed by atoms with Crippen molar-refractivity contribution in [2.45, 2.75) is 44.0 Å². The number of aliphatic hydroxyl groups excluding tert-OH is 3. The lowest BCUT2D eigenvalue weighted by atomic mass is 9.97. The first kappa shape index (κ1) is 31.1. The summed E-state index contributed by atoms with van der Waals surface area (Å²) in [5.41, 5.74) is 0.203. The molecular formula is C28H33ClN4O10. The molecule has 5 atom stereocenters. The topological polar surface area (TPSA) is 193 Å². The molecule has 5 rings (SSSR count). The van der Waals surface area contributed by atoms with Crippen molar-refractivity contribution in [3.63, 3.8) is 0 Å². The predicted molar refractivity (Wildman–Crippen MR) is 152 cm³/mol. The van der Waals surface area contributed by atoms with Crippen LogP contribution in [0.25, 0.3) is 22.6 Å². The summed E-state index contributed by atoms with van der Waals surface area (Å²) < 4.78 is 22.8. The lowest BCUT2D eigenvalue weighted by Crippen LogP contribution is -2.65. The Balaban J connectivity index is 1.38. The summed E-state index contributed by atoms with van der Waals surface area (Å²) >= 11 is 6.49. The van der Waals surface area contributed by atoms with E-state index in [0.717, 1.165) is 26.1 Å². The Morgan fingerprint density at radius 1 is 1.16 bits per heavy atom. The van der Waals surface area contributed by atoms with Crippen molar-refractivity contribution in [3.8, 4) is 17.2 Å². The summed E-state index contributed by atoms with van der Waals surface area (Å²) in [6.45, 7) is 4.90. The molecule has 0 radical (unpaired) electrons. The van der Waals surface area contributed by atoms with Gasteiger partial charge in [-0.15, -0.1) is 0 Å². The van der Waals surface area contributed by atoms with Crippen LogP contribution in [0.1, 0.15) is 23.7 Å². The van der Waals surface area contributed by atoms with E-state index < -0.39 is 54.5 Å². The van der Waals surface area contributed by atoms with Crippen LogP contribution in [0, 0.1) is 0 Å². The standard InChI is InChI=1S/C28H33ClN4O10/c1-14(35)31-24-26(38)25(37)22(13-34)43-28(24)42-19-12-20-18(11-17(19)29)32-23-16(9-15(36)10-21(23)41-20)27(39)30-3-2-4-33-5-7-40-8-6-33/h9-12,22,24-26,28,34,37-38H,2-8,13H2,1H3,(H,30,39)(H,31,35)/t22?,24-,25-,26?,28+/m0/s1. The summed E-state index contributed by atoms with van der Waals surface area (Å²) in [5, 5.41) is 35.7. The summed E-state index contributed by atoms with van der Waals surface area (Å²) in [4.78, 5) is 44.0. The van der Waals surface area contributed by atoms with Crippen molar-refractivity contribution < 1.29 is 43.5 Å². The minimum absolute atomic E-state index is 0.0104. The fraction of sp³-hybridized carbons (Fsp3) is 0.500. The van der Waals surface area contributed by atoms with Gasteiger partial charge in [-0.05, 0) is 19.0 Å². The monoisotopic (exact) mass is 620 g/mol. The number of hydrogen-bond donors (Lipinski definition) is 5. The van der Waals surface area contributed by atoms with Crippen LogP contribution in [-0.4, -0.2) is 114 Å². The highest BCUT2D eigenvalue weighted by molar-refractivity contribution is 6.32. The first-order chi connectivity index (χ1) is 20.6. The highest BCUT2D eigenvalue weighted by atomic mass is 35.5. The predicted octanol–water partition coefficient (Wildman–Crippen LogP) is -0.279. The molecule has 5 N–H and O–H groups in total. The second-order valence-electron chi connectivity index (χ2n) is 10.4. The first-order valence-electron chi connectivity index (χ1n) is 13.9. The molecule has 0 aromatic heterocycles. The maximum atomic E-state index is 13.0. The molecule has 2 fully saturated rings. The second kappa shape index (κ2) is 13.5. The number of fused-ring (bicyclic) bond motifs is 2. The normalized spacial score (nSPS) is 24.6. The third kappa shape index (κ3) is 7.07. The molecule has 4 aliphatic rings. The molecule has 0 saturated carbocycles. The Morgan fingerprint density at radius 3 is 2.65 bits per heavy atom. The van der Waals surface area contributed by atoms with Crippen LogP contribution < -0.4 is 20.8 Å². The van der Waals surface area contributed by atoms with E-state index in [1.807, 2.05) is 0 Å². The van der Waals surface area contributed by atoms with Gasteiger partial charge in [-0.2, -0.15) is 0 Å². The van der Waals surface area contributed by atoms with Crippen LogP contribution in [0.2, 0.25) is 5.02 Å². The average Bonchev–Trinajstić information content (AvgIpc) is 2.98. The quantitative estimate of drug-likeness (QED) is 0.155. The average molecular weight is 621 g/mol. The Morgan fingerprint density at radius 2 is 1.93 bits per heavy atom. The molecule has 1 aromatic carbocycles. The van der Waals surface area contributed by atoms with E-state index in [1.54, 1.807) is 0 Å². The van der Waals surface area contributed by atoms with Crippen LogP contribution in [0.15, 0.2) is 33.5 Å². The van der Waals surface area contributed by atoms with E-state index in [1.165, 1.54) is 31.2 Å². The number of morpholine rings is 1. The van der Waals surface area contributed by atoms with Gasteiger partial charge >= 0.3 is 0 Å². The molecular weight excluding hydrogens is 588 g/mol. The van der Waals surface area contributed by atoms with Crippen molar-refractivity contribution in [1.29, 1.82) is 0 Å². The number of carbonyl (C=O) groups excluding carboxylic acids is 2. The molecule has 1 aliphatic carbocycles. The number of ether oxygens (including phenoxy) is 3. The van der Waals surface area contributed by atoms with Crippen molar-refractivity contribution in [2.75, 3.05) is 46.0 Å². The first-order valence-corrected chi connectivity index (χ1v) is 14.2. The Kier molecular flexibility index (Phi) is 9.76. The second-order valence-corrected chi connectivity index (χ2v) is 10.8. The van der Waals surface area contributed by atoms with Crippen LogP contribution in [-0.2, 0) is 14.3 Å². The van der Waals surface area contributed by atoms with Gasteiger partial charge in [-0.25, -0.2) is 4.98 Å². The Bertz CT molecular complexity index is 1500. The lowest BCUT2D eigenvalue weighted by Gasteiger charge is -2.42. The minimum atomic E-state index is -1.52. The maximum absolute atomic E-state index is 13.0. The summed E-state index contributed by atoms with van der Waals surface area (Å²) in [5.74, 6) is -0.904. The third-order valence-electron chi connectivity index (χ3n) is 7.29. The number of aromatic nitrogens is 1. The number of nitrogens with one attached hydrogen (secondary N) is 2. The van der Waals surface area contributed by atoms with E-state index in [4.69, 9.17) is 30.2 Å². The fourth-order valence-corrected chi connectivity index (χ4v) is 5.29. The van der Waals surface area contributed by atoms with E-state index in [2.05, 4.69) is 20.5 Å².